The van der Waals surface area contributed by atoms with Crippen molar-refractivity contribution in [3.8, 4) is 0 Å². The molecule has 0 aromatic heterocycles. The molecule has 0 amide bonds. The van der Waals surface area contributed by atoms with Crippen LogP contribution in [0.2, 0.25) is 0 Å². The molecule has 1 unspecified atom stereocenters. The molecule has 5 nitrogen and oxygen atoms in total. The maximum atomic E-state index is 5.59. The van der Waals surface area contributed by atoms with Crippen molar-refractivity contribution >= 4 is 29.9 Å². The molecule has 0 fully saturated rings. The number of halogens is 1. The van der Waals surface area contributed by atoms with Crippen molar-refractivity contribution in [1.82, 2.24) is 15.5 Å². The minimum atomic E-state index is 0. The highest BCUT2D eigenvalue weighted by Crippen LogP contribution is 1.98. The van der Waals surface area contributed by atoms with Gasteiger partial charge in [-0.15, -0.1) is 24.0 Å². The fourth-order valence-electron chi connectivity index (χ4n) is 2.23. The van der Waals surface area contributed by atoms with Crippen LogP contribution in [-0.2, 0) is 4.74 Å². The van der Waals surface area contributed by atoms with Gasteiger partial charge in [-0.1, -0.05) is 27.7 Å². The standard InChI is InChI=1S/C17H38N4O.HI/c1-7-18-17(19-11-10-12-22-14-15(4)5)20-13-16(6)21(8-2)9-3;/h15-16H,7-14H2,1-6H3,(H2,18,19,20);1H. The lowest BCUT2D eigenvalue weighted by molar-refractivity contribution is 0.108. The Hall–Kier alpha value is -0.0800. The van der Waals surface area contributed by atoms with Crippen LogP contribution in [-0.4, -0.2) is 62.8 Å². The molecule has 0 aromatic carbocycles. The minimum absolute atomic E-state index is 0. The lowest BCUT2D eigenvalue weighted by Crippen LogP contribution is -2.40. The van der Waals surface area contributed by atoms with E-state index < -0.39 is 0 Å². The van der Waals surface area contributed by atoms with E-state index in [0.29, 0.717) is 12.0 Å². The monoisotopic (exact) mass is 442 g/mol. The zero-order valence-corrected chi connectivity index (χ0v) is 18.4. The van der Waals surface area contributed by atoms with Crippen LogP contribution in [0.25, 0.3) is 0 Å². The number of aliphatic imine (C=N–C) groups is 1. The third-order valence-electron chi connectivity index (χ3n) is 3.50. The van der Waals surface area contributed by atoms with E-state index in [2.05, 4.69) is 62.1 Å². The van der Waals surface area contributed by atoms with Gasteiger partial charge in [-0.2, -0.15) is 0 Å². The van der Waals surface area contributed by atoms with E-state index in [1.165, 1.54) is 0 Å². The van der Waals surface area contributed by atoms with E-state index in [4.69, 9.17) is 4.74 Å². The summed E-state index contributed by atoms with van der Waals surface area (Å²) in [6.45, 7) is 19.5. The van der Waals surface area contributed by atoms with Gasteiger partial charge in [0.2, 0.25) is 0 Å². The Morgan fingerprint density at radius 1 is 1.09 bits per heavy atom. The number of guanidine groups is 1. The van der Waals surface area contributed by atoms with Crippen molar-refractivity contribution in [2.45, 2.75) is 54.0 Å². The second-order valence-corrected chi connectivity index (χ2v) is 6.04. The lowest BCUT2D eigenvalue weighted by Gasteiger charge is -2.25. The summed E-state index contributed by atoms with van der Waals surface area (Å²) < 4.78 is 5.59. The van der Waals surface area contributed by atoms with Crippen molar-refractivity contribution in [2.75, 3.05) is 45.9 Å². The lowest BCUT2D eigenvalue weighted by atomic mass is 10.2. The molecular formula is C17H39IN4O. The highest BCUT2D eigenvalue weighted by molar-refractivity contribution is 14.0. The van der Waals surface area contributed by atoms with Crippen LogP contribution in [0.5, 0.6) is 0 Å². The number of ether oxygens (including phenoxy) is 1. The van der Waals surface area contributed by atoms with E-state index in [9.17, 15) is 0 Å². The molecule has 1 atom stereocenters. The van der Waals surface area contributed by atoms with Crippen molar-refractivity contribution in [1.29, 1.82) is 0 Å². The molecule has 0 radical (unpaired) electrons. The molecule has 0 aliphatic rings. The number of hydrogen-bond acceptors (Lipinski definition) is 3. The first-order valence-electron chi connectivity index (χ1n) is 8.88. The number of likely N-dealkylation sites (N-methyl/N-ethyl adjacent to an activating group) is 1. The topological polar surface area (TPSA) is 48.9 Å². The SMILES string of the molecule is CCNC(=NCC(C)N(CC)CC)NCCCOCC(C)C.I. The first-order valence-corrected chi connectivity index (χ1v) is 8.88. The quantitative estimate of drug-likeness (QED) is 0.211. The summed E-state index contributed by atoms with van der Waals surface area (Å²) in [5.74, 6) is 1.51. The van der Waals surface area contributed by atoms with Gasteiger partial charge in [0, 0.05) is 32.3 Å². The van der Waals surface area contributed by atoms with Gasteiger partial charge in [-0.05, 0) is 39.3 Å². The Morgan fingerprint density at radius 2 is 1.74 bits per heavy atom. The van der Waals surface area contributed by atoms with Crippen LogP contribution < -0.4 is 10.6 Å². The van der Waals surface area contributed by atoms with Gasteiger partial charge in [0.15, 0.2) is 5.96 Å². The molecule has 0 saturated carbocycles. The minimum Gasteiger partial charge on any atom is -0.381 e. The van der Waals surface area contributed by atoms with E-state index >= 15 is 0 Å². The molecule has 0 rings (SSSR count). The Morgan fingerprint density at radius 3 is 2.26 bits per heavy atom. The second-order valence-electron chi connectivity index (χ2n) is 6.04. The zero-order valence-electron chi connectivity index (χ0n) is 16.0. The van der Waals surface area contributed by atoms with Crippen molar-refractivity contribution in [2.24, 2.45) is 10.9 Å². The number of nitrogens with zero attached hydrogens (tertiary/aromatic N) is 2. The van der Waals surface area contributed by atoms with Crippen LogP contribution in [0.15, 0.2) is 4.99 Å². The van der Waals surface area contributed by atoms with Gasteiger partial charge in [-0.3, -0.25) is 9.89 Å². The van der Waals surface area contributed by atoms with Gasteiger partial charge >= 0.3 is 0 Å². The van der Waals surface area contributed by atoms with Crippen LogP contribution in [0.3, 0.4) is 0 Å². The summed E-state index contributed by atoms with van der Waals surface area (Å²) >= 11 is 0. The normalized spacial score (nSPS) is 13.1. The number of hydrogen-bond donors (Lipinski definition) is 2. The van der Waals surface area contributed by atoms with Gasteiger partial charge < -0.3 is 15.4 Å². The maximum absolute atomic E-state index is 5.59. The third-order valence-corrected chi connectivity index (χ3v) is 3.50. The van der Waals surface area contributed by atoms with Gasteiger partial charge in [0.25, 0.3) is 0 Å². The van der Waals surface area contributed by atoms with Gasteiger partial charge in [0.05, 0.1) is 6.54 Å². The largest absolute Gasteiger partial charge is 0.381 e. The van der Waals surface area contributed by atoms with Crippen LogP contribution in [0, 0.1) is 5.92 Å². The molecule has 140 valence electrons. The Labute approximate surface area is 161 Å². The Balaban J connectivity index is 0. The Bertz CT molecular complexity index is 284. The molecule has 0 bridgehead atoms. The third kappa shape index (κ3) is 14.0. The van der Waals surface area contributed by atoms with Gasteiger partial charge in [-0.25, -0.2) is 0 Å². The molecule has 0 aliphatic heterocycles. The molecule has 0 saturated heterocycles. The zero-order chi connectivity index (χ0) is 16.8. The highest BCUT2D eigenvalue weighted by Gasteiger charge is 2.09. The molecule has 6 heteroatoms. The van der Waals surface area contributed by atoms with Gasteiger partial charge in [0.1, 0.15) is 0 Å². The van der Waals surface area contributed by atoms with Crippen molar-refractivity contribution in [3.05, 3.63) is 0 Å². The van der Waals surface area contributed by atoms with E-state index in [-0.39, 0.29) is 24.0 Å². The van der Waals surface area contributed by atoms with E-state index in [1.54, 1.807) is 0 Å². The summed E-state index contributed by atoms with van der Waals surface area (Å²) in [5.41, 5.74) is 0. The summed E-state index contributed by atoms with van der Waals surface area (Å²) in [6, 6.07) is 0.472. The molecule has 0 aromatic rings. The van der Waals surface area contributed by atoms with Crippen molar-refractivity contribution in [3.63, 3.8) is 0 Å². The van der Waals surface area contributed by atoms with Crippen LogP contribution in [0.1, 0.15) is 48.0 Å². The average Bonchev–Trinajstić information content (AvgIpc) is 2.49. The fourth-order valence-corrected chi connectivity index (χ4v) is 2.23. The summed E-state index contributed by atoms with van der Waals surface area (Å²) in [4.78, 5) is 7.11. The van der Waals surface area contributed by atoms with Crippen molar-refractivity contribution < 1.29 is 4.74 Å². The molecule has 0 aliphatic carbocycles. The highest BCUT2D eigenvalue weighted by atomic mass is 127. The van der Waals surface area contributed by atoms with Crippen LogP contribution in [0.4, 0.5) is 0 Å². The number of rotatable bonds is 12. The second kappa shape index (κ2) is 16.8. The maximum Gasteiger partial charge on any atom is 0.191 e. The van der Waals surface area contributed by atoms with E-state index in [1.807, 2.05) is 0 Å². The number of nitrogens with one attached hydrogen (secondary N) is 2. The molecule has 2 N–H and O–H groups in total. The first-order chi connectivity index (χ1) is 10.5. The smallest absolute Gasteiger partial charge is 0.191 e. The molecule has 0 heterocycles. The summed E-state index contributed by atoms with van der Waals surface area (Å²) in [6.07, 6.45) is 1.00. The van der Waals surface area contributed by atoms with E-state index in [0.717, 1.165) is 58.3 Å². The predicted octanol–water partition coefficient (Wildman–Crippen LogP) is 2.95. The fraction of sp³-hybridized carbons (Fsp3) is 0.941. The van der Waals surface area contributed by atoms with Crippen LogP contribution >= 0.6 is 24.0 Å². The predicted molar refractivity (Wildman–Crippen MR) is 112 cm³/mol. The summed E-state index contributed by atoms with van der Waals surface area (Å²) in [5, 5.41) is 6.68. The molecule has 0 spiro atoms. The molecule has 23 heavy (non-hydrogen) atoms. The summed E-state index contributed by atoms with van der Waals surface area (Å²) in [7, 11) is 0. The Kier molecular flexibility index (Phi) is 18.3. The average molecular weight is 442 g/mol. The first kappa shape index (κ1) is 25.2. The molecular weight excluding hydrogens is 403 g/mol.